The second kappa shape index (κ2) is 8.29. The van der Waals surface area contributed by atoms with Crippen LogP contribution in [0.3, 0.4) is 0 Å². The lowest BCUT2D eigenvalue weighted by atomic mass is 10.1. The third-order valence-corrected chi connectivity index (χ3v) is 3.93. The van der Waals surface area contributed by atoms with E-state index >= 15 is 0 Å². The van der Waals surface area contributed by atoms with Gasteiger partial charge < -0.3 is 9.64 Å². The summed E-state index contributed by atoms with van der Waals surface area (Å²) in [4.78, 5) is 13.6. The molecular formula is C20H22N4O2. The van der Waals surface area contributed by atoms with Crippen molar-refractivity contribution in [2.24, 2.45) is 0 Å². The molecule has 1 amide bonds. The number of rotatable bonds is 6. The van der Waals surface area contributed by atoms with Crippen LogP contribution in [0, 0.1) is 6.92 Å². The molecule has 0 aliphatic carbocycles. The van der Waals surface area contributed by atoms with Crippen LogP contribution in [0.5, 0.6) is 0 Å². The SMILES string of the molecule is Cc1cccc(Cn2cc(COC(=O)N(C)Cc3ccccc3)nn2)c1. The molecule has 0 N–H and O–H groups in total. The summed E-state index contributed by atoms with van der Waals surface area (Å²) in [5.74, 6) is 0. The molecule has 26 heavy (non-hydrogen) atoms. The Hall–Kier alpha value is -3.15. The number of hydrogen-bond donors (Lipinski definition) is 0. The van der Waals surface area contributed by atoms with E-state index in [0.29, 0.717) is 18.8 Å². The van der Waals surface area contributed by atoms with Crippen LogP contribution in [0.25, 0.3) is 0 Å². The molecule has 3 rings (SSSR count). The highest BCUT2D eigenvalue weighted by Crippen LogP contribution is 2.08. The van der Waals surface area contributed by atoms with Gasteiger partial charge in [-0.3, -0.25) is 0 Å². The van der Waals surface area contributed by atoms with Gasteiger partial charge in [-0.05, 0) is 18.1 Å². The highest BCUT2D eigenvalue weighted by Gasteiger charge is 2.12. The average Bonchev–Trinajstić information content (AvgIpc) is 3.08. The molecule has 6 nitrogen and oxygen atoms in total. The van der Waals surface area contributed by atoms with Gasteiger partial charge in [-0.2, -0.15) is 0 Å². The quantitative estimate of drug-likeness (QED) is 0.684. The number of aryl methyl sites for hydroxylation is 1. The van der Waals surface area contributed by atoms with E-state index in [0.717, 1.165) is 11.1 Å². The molecule has 0 unspecified atom stereocenters. The molecule has 2 aromatic carbocycles. The second-order valence-electron chi connectivity index (χ2n) is 6.29. The predicted octanol–water partition coefficient (Wildman–Crippen LogP) is 3.40. The fraction of sp³-hybridized carbons (Fsp3) is 0.250. The van der Waals surface area contributed by atoms with Gasteiger partial charge in [0.2, 0.25) is 0 Å². The Kier molecular flexibility index (Phi) is 5.63. The number of nitrogens with zero attached hydrogens (tertiary/aromatic N) is 4. The Morgan fingerprint density at radius 2 is 1.88 bits per heavy atom. The van der Waals surface area contributed by atoms with Crippen LogP contribution in [0.4, 0.5) is 4.79 Å². The van der Waals surface area contributed by atoms with Gasteiger partial charge in [0.15, 0.2) is 0 Å². The molecule has 0 saturated carbocycles. The van der Waals surface area contributed by atoms with E-state index in [1.807, 2.05) is 42.5 Å². The molecule has 1 heterocycles. The summed E-state index contributed by atoms with van der Waals surface area (Å²) in [6.07, 6.45) is 1.41. The molecule has 134 valence electrons. The van der Waals surface area contributed by atoms with E-state index in [-0.39, 0.29) is 12.7 Å². The Morgan fingerprint density at radius 3 is 2.65 bits per heavy atom. The van der Waals surface area contributed by atoms with Crippen LogP contribution in [-0.4, -0.2) is 33.0 Å². The summed E-state index contributed by atoms with van der Waals surface area (Å²) < 4.78 is 7.06. The summed E-state index contributed by atoms with van der Waals surface area (Å²) in [7, 11) is 1.71. The normalized spacial score (nSPS) is 10.5. The molecule has 0 aliphatic heterocycles. The van der Waals surface area contributed by atoms with Crippen molar-refractivity contribution >= 4 is 6.09 Å². The van der Waals surface area contributed by atoms with Crippen molar-refractivity contribution in [2.45, 2.75) is 26.6 Å². The zero-order valence-corrected chi connectivity index (χ0v) is 15.0. The van der Waals surface area contributed by atoms with E-state index in [2.05, 4.69) is 29.4 Å². The standard InChI is InChI=1S/C20H22N4O2/c1-16-7-6-10-18(11-16)13-24-14-19(21-22-24)15-26-20(25)23(2)12-17-8-4-3-5-9-17/h3-11,14H,12-13,15H2,1-2H3. The van der Waals surface area contributed by atoms with Crippen LogP contribution in [0.2, 0.25) is 0 Å². The topological polar surface area (TPSA) is 60.2 Å². The fourth-order valence-corrected chi connectivity index (χ4v) is 2.65. The molecule has 0 spiro atoms. The van der Waals surface area contributed by atoms with Gasteiger partial charge in [-0.15, -0.1) is 5.10 Å². The van der Waals surface area contributed by atoms with Crippen LogP contribution in [0.15, 0.2) is 60.8 Å². The monoisotopic (exact) mass is 350 g/mol. The zero-order valence-electron chi connectivity index (χ0n) is 15.0. The van der Waals surface area contributed by atoms with Gasteiger partial charge in [0.25, 0.3) is 0 Å². The summed E-state index contributed by atoms with van der Waals surface area (Å²) in [6, 6.07) is 18.0. The molecule has 6 heteroatoms. The predicted molar refractivity (Wildman–Crippen MR) is 98.4 cm³/mol. The maximum Gasteiger partial charge on any atom is 0.410 e. The first-order chi connectivity index (χ1) is 12.6. The van der Waals surface area contributed by atoms with E-state index in [1.165, 1.54) is 10.5 Å². The van der Waals surface area contributed by atoms with E-state index in [9.17, 15) is 4.79 Å². The van der Waals surface area contributed by atoms with Crippen molar-refractivity contribution in [2.75, 3.05) is 7.05 Å². The lowest BCUT2D eigenvalue weighted by molar-refractivity contribution is 0.101. The molecule has 0 aliphatic rings. The van der Waals surface area contributed by atoms with Gasteiger partial charge in [0.05, 0.1) is 12.7 Å². The second-order valence-corrected chi connectivity index (χ2v) is 6.29. The molecular weight excluding hydrogens is 328 g/mol. The Labute approximate surface area is 153 Å². The molecule has 0 bridgehead atoms. The largest absolute Gasteiger partial charge is 0.443 e. The van der Waals surface area contributed by atoms with Gasteiger partial charge in [-0.1, -0.05) is 65.4 Å². The summed E-state index contributed by atoms with van der Waals surface area (Å²) >= 11 is 0. The highest BCUT2D eigenvalue weighted by atomic mass is 16.6. The maximum absolute atomic E-state index is 12.1. The molecule has 1 aromatic heterocycles. The van der Waals surface area contributed by atoms with Crippen molar-refractivity contribution in [3.63, 3.8) is 0 Å². The summed E-state index contributed by atoms with van der Waals surface area (Å²) in [5.41, 5.74) is 4.04. The van der Waals surface area contributed by atoms with Crippen molar-refractivity contribution in [3.8, 4) is 0 Å². The van der Waals surface area contributed by atoms with Crippen LogP contribution >= 0.6 is 0 Å². The number of amides is 1. The third-order valence-electron chi connectivity index (χ3n) is 3.93. The van der Waals surface area contributed by atoms with Crippen molar-refractivity contribution in [3.05, 3.63) is 83.2 Å². The fourth-order valence-electron chi connectivity index (χ4n) is 2.65. The molecule has 3 aromatic rings. The first-order valence-electron chi connectivity index (χ1n) is 8.46. The van der Waals surface area contributed by atoms with Gasteiger partial charge in [0, 0.05) is 13.6 Å². The summed E-state index contributed by atoms with van der Waals surface area (Å²) in [6.45, 7) is 3.30. The minimum Gasteiger partial charge on any atom is -0.443 e. The number of carbonyl (C=O) groups is 1. The van der Waals surface area contributed by atoms with Crippen LogP contribution in [-0.2, 0) is 24.4 Å². The lowest BCUT2D eigenvalue weighted by Gasteiger charge is -2.16. The Morgan fingerprint density at radius 1 is 1.12 bits per heavy atom. The van der Waals surface area contributed by atoms with Crippen molar-refractivity contribution in [1.82, 2.24) is 19.9 Å². The molecule has 0 radical (unpaired) electrons. The minimum absolute atomic E-state index is 0.103. The van der Waals surface area contributed by atoms with E-state index in [4.69, 9.17) is 4.74 Å². The first kappa shape index (κ1) is 17.7. The zero-order chi connectivity index (χ0) is 18.4. The maximum atomic E-state index is 12.1. The summed E-state index contributed by atoms with van der Waals surface area (Å²) in [5, 5.41) is 8.16. The molecule has 0 atom stereocenters. The number of aromatic nitrogens is 3. The molecule has 0 fully saturated rings. The van der Waals surface area contributed by atoms with E-state index in [1.54, 1.807) is 17.9 Å². The number of ether oxygens (including phenoxy) is 1. The van der Waals surface area contributed by atoms with Crippen molar-refractivity contribution < 1.29 is 9.53 Å². The highest BCUT2D eigenvalue weighted by molar-refractivity contribution is 5.67. The van der Waals surface area contributed by atoms with Crippen LogP contribution < -0.4 is 0 Å². The Balaban J connectivity index is 1.50. The van der Waals surface area contributed by atoms with Crippen molar-refractivity contribution in [1.29, 1.82) is 0 Å². The first-order valence-corrected chi connectivity index (χ1v) is 8.46. The Bertz CT molecular complexity index is 861. The number of carbonyl (C=O) groups excluding carboxylic acids is 1. The average molecular weight is 350 g/mol. The van der Waals surface area contributed by atoms with Gasteiger partial charge in [-0.25, -0.2) is 9.48 Å². The minimum atomic E-state index is -0.387. The van der Waals surface area contributed by atoms with Gasteiger partial charge in [0.1, 0.15) is 12.3 Å². The van der Waals surface area contributed by atoms with Crippen LogP contribution in [0.1, 0.15) is 22.4 Å². The molecule has 0 saturated heterocycles. The third kappa shape index (κ3) is 4.92. The van der Waals surface area contributed by atoms with Gasteiger partial charge >= 0.3 is 6.09 Å². The van der Waals surface area contributed by atoms with E-state index < -0.39 is 0 Å². The lowest BCUT2D eigenvalue weighted by Crippen LogP contribution is -2.26. The number of hydrogen-bond acceptors (Lipinski definition) is 4. The smallest absolute Gasteiger partial charge is 0.410 e. The number of benzene rings is 2.